The van der Waals surface area contributed by atoms with Gasteiger partial charge < -0.3 is 4.74 Å². The zero-order valence-electron chi connectivity index (χ0n) is 11.6. The summed E-state index contributed by atoms with van der Waals surface area (Å²) in [4.78, 5) is 4.44. The van der Waals surface area contributed by atoms with Crippen LogP contribution >= 0.6 is 11.6 Å². The third-order valence-corrected chi connectivity index (χ3v) is 3.68. The fourth-order valence-electron chi connectivity index (χ4n) is 1.87. The highest BCUT2D eigenvalue weighted by molar-refractivity contribution is 6.20. The first-order chi connectivity index (χ1) is 9.76. The van der Waals surface area contributed by atoms with E-state index >= 15 is 0 Å². The van der Waals surface area contributed by atoms with Crippen LogP contribution in [0.3, 0.4) is 0 Å². The molecule has 1 aromatic heterocycles. The lowest BCUT2D eigenvalue weighted by Gasteiger charge is -2.14. The van der Waals surface area contributed by atoms with Crippen LogP contribution in [-0.4, -0.2) is 17.8 Å². The highest BCUT2D eigenvalue weighted by Crippen LogP contribution is 2.29. The van der Waals surface area contributed by atoms with E-state index in [9.17, 15) is 13.2 Å². The zero-order valence-corrected chi connectivity index (χ0v) is 12.4. The predicted molar refractivity (Wildman–Crippen MR) is 76.7 cm³/mol. The van der Waals surface area contributed by atoms with Crippen molar-refractivity contribution < 1.29 is 17.9 Å². The Morgan fingerprint density at radius 2 is 1.90 bits per heavy atom. The standard InChI is InChI=1S/C15H15ClF3NO/c1-9(2)14(16)13-5-3-10-7-11(4-6-12(10)20-13)21-8-15(17,18)19/h3-7,9,14H,8H2,1-2H3. The van der Waals surface area contributed by atoms with Crippen molar-refractivity contribution >= 4 is 22.5 Å². The maximum absolute atomic E-state index is 12.1. The molecule has 0 N–H and O–H groups in total. The van der Waals surface area contributed by atoms with Crippen LogP contribution in [0.4, 0.5) is 13.2 Å². The maximum Gasteiger partial charge on any atom is 0.422 e. The first-order valence-corrected chi connectivity index (χ1v) is 6.94. The molecule has 1 unspecified atom stereocenters. The SMILES string of the molecule is CC(C)C(Cl)c1ccc2cc(OCC(F)(F)F)ccc2n1. The van der Waals surface area contributed by atoms with Crippen LogP contribution in [0.2, 0.25) is 0 Å². The summed E-state index contributed by atoms with van der Waals surface area (Å²) in [7, 11) is 0. The van der Waals surface area contributed by atoms with Crippen LogP contribution < -0.4 is 4.74 Å². The van der Waals surface area contributed by atoms with Gasteiger partial charge in [0.2, 0.25) is 0 Å². The molecule has 2 nitrogen and oxygen atoms in total. The van der Waals surface area contributed by atoms with Gasteiger partial charge in [-0.2, -0.15) is 13.2 Å². The summed E-state index contributed by atoms with van der Waals surface area (Å²) in [6, 6.07) is 8.22. The molecule has 0 saturated carbocycles. The van der Waals surface area contributed by atoms with Crippen LogP contribution in [0.5, 0.6) is 5.75 Å². The van der Waals surface area contributed by atoms with Crippen LogP contribution in [0, 0.1) is 5.92 Å². The summed E-state index contributed by atoms with van der Waals surface area (Å²) in [5, 5.41) is 0.515. The van der Waals surface area contributed by atoms with Crippen molar-refractivity contribution in [3.8, 4) is 5.75 Å². The molecule has 0 amide bonds. The minimum atomic E-state index is -4.35. The summed E-state index contributed by atoms with van der Waals surface area (Å²) in [6.45, 7) is 2.69. The first kappa shape index (κ1) is 15.9. The molecule has 2 aromatic rings. The zero-order chi connectivity index (χ0) is 15.6. The Morgan fingerprint density at radius 1 is 1.19 bits per heavy atom. The summed E-state index contributed by atoms with van der Waals surface area (Å²) >= 11 is 6.26. The normalized spacial score (nSPS) is 13.7. The molecule has 21 heavy (non-hydrogen) atoms. The topological polar surface area (TPSA) is 22.1 Å². The van der Waals surface area contributed by atoms with E-state index in [2.05, 4.69) is 4.98 Å². The molecule has 0 radical (unpaired) electrons. The minimum absolute atomic E-state index is 0.167. The first-order valence-electron chi connectivity index (χ1n) is 6.50. The lowest BCUT2D eigenvalue weighted by Crippen LogP contribution is -2.19. The van der Waals surface area contributed by atoms with Crippen LogP contribution in [0.15, 0.2) is 30.3 Å². The van der Waals surface area contributed by atoms with E-state index in [-0.39, 0.29) is 17.0 Å². The van der Waals surface area contributed by atoms with Gasteiger partial charge in [0.15, 0.2) is 6.61 Å². The van der Waals surface area contributed by atoms with Crippen LogP contribution in [-0.2, 0) is 0 Å². The minimum Gasteiger partial charge on any atom is -0.484 e. The molecule has 0 bridgehead atoms. The number of ether oxygens (including phenoxy) is 1. The molecular formula is C15H15ClF3NO. The van der Waals surface area contributed by atoms with Crippen molar-refractivity contribution in [2.45, 2.75) is 25.4 Å². The number of aromatic nitrogens is 1. The van der Waals surface area contributed by atoms with E-state index in [4.69, 9.17) is 16.3 Å². The van der Waals surface area contributed by atoms with Gasteiger partial charge in [0, 0.05) is 5.39 Å². The average molecular weight is 318 g/mol. The third kappa shape index (κ3) is 4.24. The van der Waals surface area contributed by atoms with Gasteiger partial charge in [-0.15, -0.1) is 11.6 Å². The van der Waals surface area contributed by atoms with Gasteiger partial charge >= 0.3 is 6.18 Å². The second-order valence-electron chi connectivity index (χ2n) is 5.14. The van der Waals surface area contributed by atoms with Gasteiger partial charge in [-0.3, -0.25) is 4.98 Å². The molecular weight excluding hydrogens is 303 g/mol. The number of halogens is 4. The highest BCUT2D eigenvalue weighted by atomic mass is 35.5. The number of fused-ring (bicyclic) bond motifs is 1. The van der Waals surface area contributed by atoms with Crippen LogP contribution in [0.1, 0.15) is 24.9 Å². The van der Waals surface area contributed by atoms with E-state index in [1.807, 2.05) is 13.8 Å². The molecule has 0 aliphatic rings. The summed E-state index contributed by atoms with van der Waals surface area (Å²) in [6.07, 6.45) is -4.35. The molecule has 6 heteroatoms. The summed E-state index contributed by atoms with van der Waals surface area (Å²) < 4.78 is 41.1. The highest BCUT2D eigenvalue weighted by Gasteiger charge is 2.28. The van der Waals surface area contributed by atoms with Crippen molar-refractivity contribution in [3.63, 3.8) is 0 Å². The molecule has 1 atom stereocenters. The van der Waals surface area contributed by atoms with Crippen LogP contribution in [0.25, 0.3) is 10.9 Å². The molecule has 0 aliphatic heterocycles. The fourth-order valence-corrected chi connectivity index (χ4v) is 1.99. The third-order valence-electron chi connectivity index (χ3n) is 2.95. The second kappa shape index (κ2) is 6.10. The van der Waals surface area contributed by atoms with E-state index < -0.39 is 12.8 Å². The van der Waals surface area contributed by atoms with Gasteiger partial charge in [0.05, 0.1) is 16.6 Å². The predicted octanol–water partition coefficient (Wildman–Crippen LogP) is 5.11. The number of pyridine rings is 1. The van der Waals surface area contributed by atoms with Crippen molar-refractivity contribution in [2.24, 2.45) is 5.92 Å². The second-order valence-corrected chi connectivity index (χ2v) is 5.61. The smallest absolute Gasteiger partial charge is 0.422 e. The molecule has 0 fully saturated rings. The Hall–Kier alpha value is -1.49. The number of rotatable bonds is 4. The molecule has 0 spiro atoms. The van der Waals surface area contributed by atoms with Gasteiger partial charge in [-0.25, -0.2) is 0 Å². The molecule has 1 aromatic carbocycles. The maximum atomic E-state index is 12.1. The summed E-state index contributed by atoms with van der Waals surface area (Å²) in [5.41, 5.74) is 1.43. The number of benzene rings is 1. The molecule has 114 valence electrons. The molecule has 1 heterocycles. The van der Waals surface area contributed by atoms with Crippen molar-refractivity contribution in [2.75, 3.05) is 6.61 Å². The molecule has 0 saturated heterocycles. The number of hydrogen-bond acceptors (Lipinski definition) is 2. The fraction of sp³-hybridized carbons (Fsp3) is 0.400. The Bertz CT molecular complexity index is 628. The van der Waals surface area contributed by atoms with Gasteiger partial charge in [0.25, 0.3) is 0 Å². The largest absolute Gasteiger partial charge is 0.484 e. The lowest BCUT2D eigenvalue weighted by molar-refractivity contribution is -0.153. The number of alkyl halides is 4. The Morgan fingerprint density at radius 3 is 2.52 bits per heavy atom. The van der Waals surface area contributed by atoms with Crippen molar-refractivity contribution in [3.05, 3.63) is 36.0 Å². The van der Waals surface area contributed by atoms with E-state index in [0.717, 1.165) is 5.69 Å². The Labute approximate surface area is 125 Å². The monoisotopic (exact) mass is 317 g/mol. The van der Waals surface area contributed by atoms with Gasteiger partial charge in [0.1, 0.15) is 5.75 Å². The molecule has 0 aliphatic carbocycles. The van der Waals surface area contributed by atoms with Crippen molar-refractivity contribution in [1.29, 1.82) is 0 Å². The van der Waals surface area contributed by atoms with E-state index in [1.54, 1.807) is 18.2 Å². The number of hydrogen-bond donors (Lipinski definition) is 0. The van der Waals surface area contributed by atoms with Gasteiger partial charge in [-0.1, -0.05) is 19.9 Å². The number of nitrogens with zero attached hydrogens (tertiary/aromatic N) is 1. The lowest BCUT2D eigenvalue weighted by atomic mass is 10.1. The quantitative estimate of drug-likeness (QED) is 0.731. The summed E-state index contributed by atoms with van der Waals surface area (Å²) in [5.74, 6) is 0.409. The average Bonchev–Trinajstić information content (AvgIpc) is 2.42. The Kier molecular flexibility index (Phi) is 4.61. The van der Waals surface area contributed by atoms with E-state index in [0.29, 0.717) is 10.9 Å². The molecule has 2 rings (SSSR count). The van der Waals surface area contributed by atoms with Gasteiger partial charge in [-0.05, 0) is 30.2 Å². The van der Waals surface area contributed by atoms with E-state index in [1.165, 1.54) is 12.1 Å². The Balaban J connectivity index is 2.23. The van der Waals surface area contributed by atoms with Crippen molar-refractivity contribution in [1.82, 2.24) is 4.98 Å².